The summed E-state index contributed by atoms with van der Waals surface area (Å²) in [7, 11) is 0. The lowest BCUT2D eigenvalue weighted by Crippen LogP contribution is -2.39. The van der Waals surface area contributed by atoms with Crippen molar-refractivity contribution >= 4 is 17.2 Å². The number of thiazole rings is 1. The van der Waals surface area contributed by atoms with Crippen LogP contribution in [0.5, 0.6) is 0 Å². The van der Waals surface area contributed by atoms with E-state index in [0.29, 0.717) is 19.1 Å². The van der Waals surface area contributed by atoms with Crippen LogP contribution in [-0.2, 0) is 16.0 Å². The monoisotopic (exact) mass is 282 g/mol. The van der Waals surface area contributed by atoms with E-state index in [0.717, 1.165) is 36.4 Å². The van der Waals surface area contributed by atoms with Crippen molar-refractivity contribution in [3.8, 4) is 0 Å². The Bertz CT molecular complexity index is 411. The minimum Gasteiger partial charge on any atom is -0.368 e. The van der Waals surface area contributed by atoms with Crippen molar-refractivity contribution in [1.29, 1.82) is 0 Å². The molecule has 1 amide bonds. The first-order chi connectivity index (χ1) is 9.16. The van der Waals surface area contributed by atoms with Crippen molar-refractivity contribution in [3.05, 3.63) is 16.1 Å². The van der Waals surface area contributed by atoms with Gasteiger partial charge in [-0.25, -0.2) is 4.98 Å². The highest BCUT2D eigenvalue weighted by molar-refractivity contribution is 7.09. The maximum Gasteiger partial charge on any atom is 0.249 e. The molecule has 1 N–H and O–H groups in total. The maximum absolute atomic E-state index is 11.8. The SMILES string of the molecule is CC(C)c1csc(CCNC(=O)[C@H]2CCCCO2)n1. The zero-order chi connectivity index (χ0) is 13.7. The third kappa shape index (κ3) is 4.28. The van der Waals surface area contributed by atoms with Crippen LogP contribution in [0.15, 0.2) is 5.38 Å². The Balaban J connectivity index is 1.71. The van der Waals surface area contributed by atoms with Crippen LogP contribution in [0.2, 0.25) is 0 Å². The number of nitrogens with one attached hydrogen (secondary N) is 1. The average molecular weight is 282 g/mol. The van der Waals surface area contributed by atoms with Crippen LogP contribution in [0.25, 0.3) is 0 Å². The van der Waals surface area contributed by atoms with Crippen LogP contribution < -0.4 is 5.32 Å². The summed E-state index contributed by atoms with van der Waals surface area (Å²) < 4.78 is 5.45. The molecular formula is C14H22N2O2S. The molecule has 0 aliphatic carbocycles. The summed E-state index contributed by atoms with van der Waals surface area (Å²) in [4.78, 5) is 16.4. The molecule has 0 aromatic carbocycles. The van der Waals surface area contributed by atoms with Crippen molar-refractivity contribution in [2.75, 3.05) is 13.2 Å². The average Bonchev–Trinajstić information content (AvgIpc) is 2.89. The molecule has 0 radical (unpaired) electrons. The number of aromatic nitrogens is 1. The van der Waals surface area contributed by atoms with Crippen LogP contribution in [0.1, 0.15) is 49.7 Å². The summed E-state index contributed by atoms with van der Waals surface area (Å²) in [5, 5.41) is 6.14. The molecule has 1 aromatic rings. The largest absolute Gasteiger partial charge is 0.368 e. The van der Waals surface area contributed by atoms with Gasteiger partial charge < -0.3 is 10.1 Å². The van der Waals surface area contributed by atoms with E-state index >= 15 is 0 Å². The van der Waals surface area contributed by atoms with Crippen LogP contribution in [-0.4, -0.2) is 30.1 Å². The predicted octanol–water partition coefficient (Wildman–Crippen LogP) is 2.49. The molecule has 19 heavy (non-hydrogen) atoms. The number of carbonyl (C=O) groups excluding carboxylic acids is 1. The van der Waals surface area contributed by atoms with Gasteiger partial charge in [-0.2, -0.15) is 0 Å². The third-order valence-electron chi connectivity index (χ3n) is 3.27. The molecule has 0 saturated carbocycles. The number of hydrogen-bond donors (Lipinski definition) is 1. The lowest BCUT2D eigenvalue weighted by atomic mass is 10.1. The highest BCUT2D eigenvalue weighted by Gasteiger charge is 2.21. The Kier molecular flexibility index (Phi) is 5.34. The Morgan fingerprint density at radius 3 is 3.05 bits per heavy atom. The van der Waals surface area contributed by atoms with Crippen LogP contribution in [0.3, 0.4) is 0 Å². The van der Waals surface area contributed by atoms with Gasteiger partial charge in [-0.1, -0.05) is 13.8 Å². The van der Waals surface area contributed by atoms with E-state index in [9.17, 15) is 4.79 Å². The molecule has 1 aliphatic heterocycles. The van der Waals surface area contributed by atoms with Crippen LogP contribution in [0, 0.1) is 0 Å². The summed E-state index contributed by atoms with van der Waals surface area (Å²) in [5.41, 5.74) is 1.14. The molecule has 2 heterocycles. The number of ether oxygens (including phenoxy) is 1. The van der Waals surface area contributed by atoms with E-state index in [1.54, 1.807) is 11.3 Å². The molecular weight excluding hydrogens is 260 g/mol. The fourth-order valence-corrected chi connectivity index (χ4v) is 3.02. The van der Waals surface area contributed by atoms with E-state index in [-0.39, 0.29) is 12.0 Å². The summed E-state index contributed by atoms with van der Waals surface area (Å²) in [6.07, 6.45) is 3.57. The third-order valence-corrected chi connectivity index (χ3v) is 4.20. The molecule has 1 saturated heterocycles. The maximum atomic E-state index is 11.8. The zero-order valence-electron chi connectivity index (χ0n) is 11.6. The lowest BCUT2D eigenvalue weighted by Gasteiger charge is -2.21. The van der Waals surface area contributed by atoms with Gasteiger partial charge in [0.1, 0.15) is 6.10 Å². The Labute approximate surface area is 118 Å². The Morgan fingerprint density at radius 1 is 1.58 bits per heavy atom. The van der Waals surface area contributed by atoms with Gasteiger partial charge in [-0.15, -0.1) is 11.3 Å². The summed E-state index contributed by atoms with van der Waals surface area (Å²) in [6, 6.07) is 0. The first-order valence-electron chi connectivity index (χ1n) is 7.00. The quantitative estimate of drug-likeness (QED) is 0.902. The van der Waals surface area contributed by atoms with Crippen LogP contribution >= 0.6 is 11.3 Å². The molecule has 5 heteroatoms. The number of carbonyl (C=O) groups is 1. The molecule has 1 atom stereocenters. The highest BCUT2D eigenvalue weighted by Crippen LogP contribution is 2.18. The minimum atomic E-state index is -0.240. The number of rotatable bonds is 5. The van der Waals surface area contributed by atoms with Crippen molar-refractivity contribution in [2.45, 2.75) is 51.6 Å². The van der Waals surface area contributed by atoms with E-state index in [2.05, 4.69) is 29.5 Å². The summed E-state index contributed by atoms with van der Waals surface area (Å²) >= 11 is 1.67. The molecule has 4 nitrogen and oxygen atoms in total. The topological polar surface area (TPSA) is 51.2 Å². The fraction of sp³-hybridized carbons (Fsp3) is 0.714. The molecule has 106 valence electrons. The minimum absolute atomic E-state index is 0.0281. The van der Waals surface area contributed by atoms with Gasteiger partial charge in [0.2, 0.25) is 5.91 Å². The summed E-state index contributed by atoms with van der Waals surface area (Å²) in [6.45, 7) is 5.63. The summed E-state index contributed by atoms with van der Waals surface area (Å²) in [5.74, 6) is 0.496. The van der Waals surface area contributed by atoms with E-state index in [4.69, 9.17) is 4.74 Å². The lowest BCUT2D eigenvalue weighted by molar-refractivity contribution is -0.135. The van der Waals surface area contributed by atoms with Gasteiger partial charge in [0.25, 0.3) is 0 Å². The molecule has 0 bridgehead atoms. The number of nitrogens with zero attached hydrogens (tertiary/aromatic N) is 1. The van der Waals surface area contributed by atoms with Gasteiger partial charge in [0.05, 0.1) is 10.7 Å². The van der Waals surface area contributed by atoms with Crippen molar-refractivity contribution in [2.24, 2.45) is 0 Å². The number of amides is 1. The smallest absolute Gasteiger partial charge is 0.249 e. The molecule has 2 rings (SSSR count). The van der Waals surface area contributed by atoms with Gasteiger partial charge in [0.15, 0.2) is 0 Å². The second-order valence-electron chi connectivity index (χ2n) is 5.22. The van der Waals surface area contributed by atoms with Crippen molar-refractivity contribution in [1.82, 2.24) is 10.3 Å². The predicted molar refractivity (Wildman–Crippen MR) is 76.5 cm³/mol. The highest BCUT2D eigenvalue weighted by atomic mass is 32.1. The first kappa shape index (κ1) is 14.5. The van der Waals surface area contributed by atoms with Crippen molar-refractivity contribution in [3.63, 3.8) is 0 Å². The molecule has 1 aromatic heterocycles. The zero-order valence-corrected chi connectivity index (χ0v) is 12.5. The molecule has 1 aliphatic rings. The molecule has 0 unspecified atom stereocenters. The molecule has 0 spiro atoms. The normalized spacial score (nSPS) is 19.6. The molecule has 1 fully saturated rings. The van der Waals surface area contributed by atoms with E-state index in [1.165, 1.54) is 0 Å². The van der Waals surface area contributed by atoms with E-state index in [1.807, 2.05) is 0 Å². The fourth-order valence-electron chi connectivity index (χ4n) is 2.06. The number of hydrogen-bond acceptors (Lipinski definition) is 4. The van der Waals surface area contributed by atoms with Gasteiger partial charge in [0, 0.05) is 25.0 Å². The van der Waals surface area contributed by atoms with Gasteiger partial charge >= 0.3 is 0 Å². The van der Waals surface area contributed by atoms with E-state index < -0.39 is 0 Å². The van der Waals surface area contributed by atoms with Crippen molar-refractivity contribution < 1.29 is 9.53 Å². The second kappa shape index (κ2) is 7.01. The standard InChI is InChI=1S/C14H22N2O2S/c1-10(2)11-9-19-13(16-11)6-7-15-14(17)12-5-3-4-8-18-12/h9-10,12H,3-8H2,1-2H3,(H,15,17)/t12-/m1/s1. The Hall–Kier alpha value is -0.940. The van der Waals surface area contributed by atoms with Gasteiger partial charge in [-0.3, -0.25) is 4.79 Å². The van der Waals surface area contributed by atoms with Crippen LogP contribution in [0.4, 0.5) is 0 Å². The Morgan fingerprint density at radius 2 is 2.42 bits per heavy atom. The second-order valence-corrected chi connectivity index (χ2v) is 6.16. The van der Waals surface area contributed by atoms with Gasteiger partial charge in [-0.05, 0) is 25.2 Å². The first-order valence-corrected chi connectivity index (χ1v) is 7.88.